The van der Waals surface area contributed by atoms with Crippen molar-refractivity contribution >= 4 is 28.3 Å². The third kappa shape index (κ3) is 5.60. The minimum absolute atomic E-state index is 0.195. The first kappa shape index (κ1) is 22.7. The summed E-state index contributed by atoms with van der Waals surface area (Å²) in [7, 11) is 0. The molecule has 30 heavy (non-hydrogen) atoms. The van der Waals surface area contributed by atoms with Crippen molar-refractivity contribution in [2.45, 2.75) is 50.8 Å². The van der Waals surface area contributed by atoms with E-state index in [-0.39, 0.29) is 17.4 Å². The van der Waals surface area contributed by atoms with Crippen LogP contribution in [0.4, 0.5) is 18.3 Å². The van der Waals surface area contributed by atoms with Gasteiger partial charge in [-0.3, -0.25) is 4.79 Å². The molecule has 1 unspecified atom stereocenters. The Bertz CT molecular complexity index is 708. The number of aliphatic carboxylic acids is 1. The standard InChI is InChI=1S/C16H24N4O2S.C2HF3O2/c21-14(19-7-1-2-8-19)13-3-4-16(11-22-13)5-9-20(10-6-16)15-18-17-12-23-15;3-2(4,5)1(6)7/h12-13H,1-11H2;(H,6,7). The van der Waals surface area contributed by atoms with Crippen LogP contribution in [0.5, 0.6) is 0 Å². The fourth-order valence-corrected chi connectivity index (χ4v) is 4.69. The number of anilines is 1. The van der Waals surface area contributed by atoms with Gasteiger partial charge in [0.25, 0.3) is 5.91 Å². The van der Waals surface area contributed by atoms with Gasteiger partial charge in [0, 0.05) is 26.2 Å². The van der Waals surface area contributed by atoms with Gasteiger partial charge in [-0.2, -0.15) is 13.2 Å². The number of carboxylic acid groups (broad SMARTS) is 1. The highest BCUT2D eigenvalue weighted by atomic mass is 32.1. The van der Waals surface area contributed by atoms with E-state index in [0.717, 1.165) is 76.4 Å². The van der Waals surface area contributed by atoms with Crippen LogP contribution in [-0.4, -0.2) is 77.1 Å². The molecule has 1 spiro atoms. The molecular weight excluding hydrogens is 425 g/mol. The number of carbonyl (C=O) groups is 2. The molecule has 3 aliphatic rings. The Balaban J connectivity index is 0.000000318. The summed E-state index contributed by atoms with van der Waals surface area (Å²) < 4.78 is 37.8. The molecule has 0 radical (unpaired) electrons. The number of carbonyl (C=O) groups excluding carboxylic acids is 1. The molecule has 12 heteroatoms. The molecule has 4 rings (SSSR count). The number of aromatic nitrogens is 2. The molecule has 1 aromatic heterocycles. The minimum atomic E-state index is -5.08. The van der Waals surface area contributed by atoms with Gasteiger partial charge in [0.2, 0.25) is 5.13 Å². The van der Waals surface area contributed by atoms with Gasteiger partial charge in [0.15, 0.2) is 0 Å². The number of nitrogens with zero attached hydrogens (tertiary/aromatic N) is 4. The van der Waals surface area contributed by atoms with Crippen LogP contribution in [0.25, 0.3) is 0 Å². The van der Waals surface area contributed by atoms with E-state index in [1.54, 1.807) is 16.8 Å². The van der Waals surface area contributed by atoms with Crippen LogP contribution in [0.15, 0.2) is 5.51 Å². The molecule has 1 N–H and O–H groups in total. The van der Waals surface area contributed by atoms with Crippen LogP contribution in [0.2, 0.25) is 0 Å². The molecule has 1 aromatic rings. The van der Waals surface area contributed by atoms with E-state index in [1.165, 1.54) is 0 Å². The molecule has 1 amide bonds. The average molecular weight is 450 g/mol. The zero-order chi connectivity index (χ0) is 21.8. The number of hydrogen-bond donors (Lipinski definition) is 1. The lowest BCUT2D eigenvalue weighted by molar-refractivity contribution is -0.192. The highest BCUT2D eigenvalue weighted by Gasteiger charge is 2.42. The largest absolute Gasteiger partial charge is 0.490 e. The molecular formula is C18H25F3N4O4S. The first-order chi connectivity index (χ1) is 14.2. The second-order valence-electron chi connectivity index (χ2n) is 7.88. The number of rotatable bonds is 2. The summed E-state index contributed by atoms with van der Waals surface area (Å²) in [5, 5.41) is 16.2. The molecule has 0 saturated carbocycles. The molecule has 1 atom stereocenters. The molecule has 8 nitrogen and oxygen atoms in total. The van der Waals surface area contributed by atoms with E-state index in [0.29, 0.717) is 0 Å². The molecule has 4 heterocycles. The Hall–Kier alpha value is -1.95. The van der Waals surface area contributed by atoms with Crippen molar-refractivity contribution in [1.82, 2.24) is 15.1 Å². The number of amides is 1. The maximum absolute atomic E-state index is 12.5. The van der Waals surface area contributed by atoms with Gasteiger partial charge in [-0.05, 0) is 43.9 Å². The summed E-state index contributed by atoms with van der Waals surface area (Å²) >= 11 is 1.61. The molecule has 3 fully saturated rings. The predicted octanol–water partition coefficient (Wildman–Crippen LogP) is 2.56. The van der Waals surface area contributed by atoms with Crippen molar-refractivity contribution in [2.24, 2.45) is 5.41 Å². The third-order valence-corrected chi connectivity index (χ3v) is 6.66. The van der Waals surface area contributed by atoms with Crippen LogP contribution in [0, 0.1) is 5.41 Å². The van der Waals surface area contributed by atoms with Gasteiger partial charge in [-0.15, -0.1) is 10.2 Å². The number of hydrogen-bond acceptors (Lipinski definition) is 7. The molecule has 0 bridgehead atoms. The summed E-state index contributed by atoms with van der Waals surface area (Å²) in [6, 6.07) is 0. The normalized spacial score (nSPS) is 23.8. The van der Waals surface area contributed by atoms with Crippen molar-refractivity contribution < 1.29 is 32.6 Å². The van der Waals surface area contributed by atoms with E-state index in [4.69, 9.17) is 14.6 Å². The Morgan fingerprint density at radius 1 is 1.17 bits per heavy atom. The number of ether oxygens (including phenoxy) is 1. The number of carboxylic acids is 1. The Morgan fingerprint density at radius 2 is 1.80 bits per heavy atom. The lowest BCUT2D eigenvalue weighted by Crippen LogP contribution is -2.49. The lowest BCUT2D eigenvalue weighted by atomic mass is 9.73. The first-order valence-corrected chi connectivity index (χ1v) is 10.8. The lowest BCUT2D eigenvalue weighted by Gasteiger charge is -2.45. The second kappa shape index (κ2) is 9.46. The van der Waals surface area contributed by atoms with E-state index in [1.807, 2.05) is 4.90 Å². The summed E-state index contributed by atoms with van der Waals surface area (Å²) in [5.41, 5.74) is 2.06. The van der Waals surface area contributed by atoms with Crippen molar-refractivity contribution in [3.8, 4) is 0 Å². The minimum Gasteiger partial charge on any atom is -0.475 e. The molecule has 0 aromatic carbocycles. The maximum atomic E-state index is 12.5. The van der Waals surface area contributed by atoms with Crippen molar-refractivity contribution in [3.63, 3.8) is 0 Å². The van der Waals surface area contributed by atoms with E-state index >= 15 is 0 Å². The Kier molecular flexibility index (Phi) is 7.17. The number of alkyl halides is 3. The summed E-state index contributed by atoms with van der Waals surface area (Å²) in [5.74, 6) is -2.53. The maximum Gasteiger partial charge on any atom is 0.490 e. The van der Waals surface area contributed by atoms with Crippen LogP contribution in [0.3, 0.4) is 0 Å². The topological polar surface area (TPSA) is 95.9 Å². The fourth-order valence-electron chi connectivity index (χ4n) is 4.08. The third-order valence-electron chi connectivity index (χ3n) is 5.91. The fraction of sp³-hybridized carbons (Fsp3) is 0.778. The highest BCUT2D eigenvalue weighted by Crippen LogP contribution is 2.41. The van der Waals surface area contributed by atoms with Gasteiger partial charge in [0.05, 0.1) is 6.61 Å². The smallest absolute Gasteiger partial charge is 0.475 e. The number of halogens is 3. The van der Waals surface area contributed by atoms with Crippen LogP contribution < -0.4 is 4.90 Å². The van der Waals surface area contributed by atoms with Gasteiger partial charge < -0.3 is 19.6 Å². The van der Waals surface area contributed by atoms with Gasteiger partial charge in [-0.25, -0.2) is 4.79 Å². The highest BCUT2D eigenvalue weighted by molar-refractivity contribution is 7.13. The molecule has 0 aliphatic carbocycles. The second-order valence-corrected chi connectivity index (χ2v) is 8.69. The van der Waals surface area contributed by atoms with E-state index < -0.39 is 12.1 Å². The van der Waals surface area contributed by atoms with Crippen molar-refractivity contribution in [2.75, 3.05) is 37.7 Å². The van der Waals surface area contributed by atoms with Gasteiger partial charge in [-0.1, -0.05) is 11.3 Å². The Labute approximate surface area is 176 Å². The quantitative estimate of drug-likeness (QED) is 0.740. The van der Waals surface area contributed by atoms with E-state index in [2.05, 4.69) is 15.1 Å². The molecule has 3 saturated heterocycles. The van der Waals surface area contributed by atoms with Crippen LogP contribution >= 0.6 is 11.3 Å². The Morgan fingerprint density at radius 3 is 2.27 bits per heavy atom. The van der Waals surface area contributed by atoms with Crippen LogP contribution in [-0.2, 0) is 14.3 Å². The SMILES string of the molecule is O=C(C1CCC2(CCN(c3nncs3)CC2)CO1)N1CCCC1.O=C(O)C(F)(F)F. The monoisotopic (exact) mass is 450 g/mol. The average Bonchev–Trinajstić information content (AvgIpc) is 3.43. The summed E-state index contributed by atoms with van der Waals surface area (Å²) in [4.78, 5) is 25.7. The van der Waals surface area contributed by atoms with Crippen molar-refractivity contribution in [3.05, 3.63) is 5.51 Å². The zero-order valence-electron chi connectivity index (χ0n) is 16.4. The van der Waals surface area contributed by atoms with Gasteiger partial charge >= 0.3 is 12.1 Å². The molecule has 168 valence electrons. The number of piperidine rings is 1. The predicted molar refractivity (Wildman–Crippen MR) is 102 cm³/mol. The zero-order valence-corrected chi connectivity index (χ0v) is 17.3. The first-order valence-electron chi connectivity index (χ1n) is 9.92. The number of likely N-dealkylation sites (tertiary alicyclic amines) is 1. The van der Waals surface area contributed by atoms with Crippen LogP contribution in [0.1, 0.15) is 38.5 Å². The summed E-state index contributed by atoms with van der Waals surface area (Å²) in [6.07, 6.45) is 1.25. The van der Waals surface area contributed by atoms with E-state index in [9.17, 15) is 18.0 Å². The molecule has 3 aliphatic heterocycles. The van der Waals surface area contributed by atoms with Gasteiger partial charge in [0.1, 0.15) is 11.6 Å². The van der Waals surface area contributed by atoms with Crippen molar-refractivity contribution in [1.29, 1.82) is 0 Å². The summed E-state index contributed by atoms with van der Waals surface area (Å²) in [6.45, 7) is 4.61.